The summed E-state index contributed by atoms with van der Waals surface area (Å²) < 4.78 is 4.17. The molecule has 0 atom stereocenters. The van der Waals surface area contributed by atoms with Crippen LogP contribution >= 0.6 is 0 Å². The van der Waals surface area contributed by atoms with Gasteiger partial charge in [-0.1, -0.05) is 31.5 Å². The summed E-state index contributed by atoms with van der Waals surface area (Å²) in [5, 5.41) is 8.17. The number of anilines is 1. The Morgan fingerprint density at radius 3 is 2.58 bits per heavy atom. The van der Waals surface area contributed by atoms with E-state index in [9.17, 15) is 0 Å². The van der Waals surface area contributed by atoms with Crippen LogP contribution in [0.15, 0.2) is 36.7 Å². The first-order valence-corrected chi connectivity index (χ1v) is 8.45. The second kappa shape index (κ2) is 6.91. The molecule has 0 unspecified atom stereocenters. The number of para-hydroxylation sites is 1. The van der Waals surface area contributed by atoms with Crippen molar-refractivity contribution < 1.29 is 0 Å². The van der Waals surface area contributed by atoms with Crippen molar-refractivity contribution in [2.45, 2.75) is 40.2 Å². The van der Waals surface area contributed by atoms with Gasteiger partial charge in [0.2, 0.25) is 0 Å². The average molecular weight is 323 g/mol. The van der Waals surface area contributed by atoms with Crippen LogP contribution in [0.5, 0.6) is 0 Å². The number of nitrogens with one attached hydrogen (secondary N) is 1. The molecule has 0 fully saturated rings. The molecule has 1 aromatic carbocycles. The average Bonchev–Trinajstić information content (AvgIpc) is 3.11. The summed E-state index contributed by atoms with van der Waals surface area (Å²) in [6, 6.07) is 8.37. The lowest BCUT2D eigenvalue weighted by Crippen LogP contribution is -2.08. The second-order valence-corrected chi connectivity index (χ2v) is 6.16. The molecule has 0 aliphatic rings. The van der Waals surface area contributed by atoms with Gasteiger partial charge in [0.05, 0.1) is 41.7 Å². The molecule has 3 aromatic rings. The molecule has 2 heterocycles. The molecular weight excluding hydrogens is 298 g/mol. The maximum atomic E-state index is 4.64. The zero-order valence-corrected chi connectivity index (χ0v) is 14.9. The van der Waals surface area contributed by atoms with E-state index in [0.717, 1.165) is 36.6 Å². The first kappa shape index (κ1) is 16.3. The Kier molecular flexibility index (Phi) is 4.69. The van der Waals surface area contributed by atoms with Crippen molar-refractivity contribution in [2.24, 2.45) is 7.05 Å². The van der Waals surface area contributed by atoms with Crippen molar-refractivity contribution in [3.63, 3.8) is 0 Å². The molecule has 0 radical (unpaired) electrons. The minimum absolute atomic E-state index is 0.744. The van der Waals surface area contributed by atoms with E-state index in [0.29, 0.717) is 0 Å². The maximum Gasteiger partial charge on any atom is 0.105 e. The minimum atomic E-state index is 0.744. The number of hydrogen-bond acceptors (Lipinski definition) is 3. The molecule has 2 aromatic heterocycles. The highest BCUT2D eigenvalue weighted by molar-refractivity contribution is 5.52. The zero-order valence-electron chi connectivity index (χ0n) is 14.9. The van der Waals surface area contributed by atoms with Crippen LogP contribution in [0, 0.1) is 13.8 Å². The van der Waals surface area contributed by atoms with E-state index in [1.54, 1.807) is 0 Å². The topological polar surface area (TPSA) is 47.7 Å². The van der Waals surface area contributed by atoms with Gasteiger partial charge in [0.15, 0.2) is 0 Å². The molecule has 1 N–H and O–H groups in total. The van der Waals surface area contributed by atoms with Gasteiger partial charge in [-0.25, -0.2) is 9.67 Å². The third-order valence-corrected chi connectivity index (χ3v) is 4.48. The number of imidazole rings is 1. The van der Waals surface area contributed by atoms with Crippen LogP contribution in [-0.4, -0.2) is 19.3 Å². The molecule has 0 aliphatic carbocycles. The number of aryl methyl sites for hydroxylation is 2. The second-order valence-electron chi connectivity index (χ2n) is 6.16. The van der Waals surface area contributed by atoms with E-state index in [1.807, 2.05) is 26.4 Å². The summed E-state index contributed by atoms with van der Waals surface area (Å²) >= 11 is 0. The van der Waals surface area contributed by atoms with Crippen LogP contribution in [0.3, 0.4) is 0 Å². The number of hydrogen-bond donors (Lipinski definition) is 1. The molecule has 3 rings (SSSR count). The smallest absolute Gasteiger partial charge is 0.105 e. The minimum Gasteiger partial charge on any atom is -0.377 e. The van der Waals surface area contributed by atoms with Gasteiger partial charge in [-0.15, -0.1) is 0 Å². The van der Waals surface area contributed by atoms with Gasteiger partial charge in [-0.3, -0.25) is 0 Å². The van der Waals surface area contributed by atoms with Gasteiger partial charge < -0.3 is 9.88 Å². The molecule has 0 aliphatic heterocycles. The molecule has 0 saturated carbocycles. The molecule has 0 spiro atoms. The van der Waals surface area contributed by atoms with Crippen LogP contribution in [0.2, 0.25) is 0 Å². The van der Waals surface area contributed by atoms with E-state index in [1.165, 1.54) is 17.0 Å². The Labute approximate surface area is 143 Å². The van der Waals surface area contributed by atoms with Crippen LogP contribution in [0.25, 0.3) is 5.69 Å². The van der Waals surface area contributed by atoms with Crippen molar-refractivity contribution in [1.82, 2.24) is 19.3 Å². The van der Waals surface area contributed by atoms with Gasteiger partial charge in [-0.2, -0.15) is 5.10 Å². The molecule has 5 heteroatoms. The molecule has 126 valence electrons. The van der Waals surface area contributed by atoms with Crippen LogP contribution in [-0.2, 0) is 20.0 Å². The summed E-state index contributed by atoms with van der Waals surface area (Å²) in [5.74, 6) is 1.02. The van der Waals surface area contributed by atoms with Crippen molar-refractivity contribution in [3.8, 4) is 5.69 Å². The monoisotopic (exact) mass is 323 g/mol. The molecule has 5 nitrogen and oxygen atoms in total. The fourth-order valence-electron chi connectivity index (χ4n) is 2.91. The molecule has 0 saturated heterocycles. The number of aromatic nitrogens is 4. The molecule has 0 amide bonds. The summed E-state index contributed by atoms with van der Waals surface area (Å²) in [6.07, 6.45) is 5.92. The van der Waals surface area contributed by atoms with E-state index in [4.69, 9.17) is 0 Å². The highest BCUT2D eigenvalue weighted by Crippen LogP contribution is 2.23. The summed E-state index contributed by atoms with van der Waals surface area (Å²) in [7, 11) is 2.04. The molecule has 0 bridgehead atoms. The fourth-order valence-corrected chi connectivity index (χ4v) is 2.91. The summed E-state index contributed by atoms with van der Waals surface area (Å²) in [6.45, 7) is 7.08. The molecule has 24 heavy (non-hydrogen) atoms. The number of nitrogens with zero attached hydrogens (tertiary/aromatic N) is 4. The lowest BCUT2D eigenvalue weighted by molar-refractivity contribution is 0.770. The van der Waals surface area contributed by atoms with Crippen LogP contribution < -0.4 is 5.32 Å². The lowest BCUT2D eigenvalue weighted by Gasteiger charge is -2.12. The number of rotatable bonds is 6. The quantitative estimate of drug-likeness (QED) is 0.751. The Balaban J connectivity index is 1.89. The Bertz CT molecular complexity index is 828. The largest absolute Gasteiger partial charge is 0.377 e. The van der Waals surface area contributed by atoms with Crippen molar-refractivity contribution in [2.75, 3.05) is 5.32 Å². The van der Waals surface area contributed by atoms with Gasteiger partial charge >= 0.3 is 0 Å². The summed E-state index contributed by atoms with van der Waals surface area (Å²) in [5.41, 5.74) is 5.86. The third kappa shape index (κ3) is 3.07. The van der Waals surface area contributed by atoms with Crippen LogP contribution in [0.4, 0.5) is 5.69 Å². The molecular formula is C19H25N5. The Morgan fingerprint density at radius 1 is 1.12 bits per heavy atom. The van der Waals surface area contributed by atoms with Gasteiger partial charge in [-0.05, 0) is 31.9 Å². The van der Waals surface area contributed by atoms with Crippen molar-refractivity contribution in [1.29, 1.82) is 0 Å². The van der Waals surface area contributed by atoms with E-state index >= 15 is 0 Å². The maximum absolute atomic E-state index is 4.64. The predicted octanol–water partition coefficient (Wildman–Crippen LogP) is 3.79. The normalized spacial score (nSPS) is 11.0. The Morgan fingerprint density at radius 2 is 1.92 bits per heavy atom. The van der Waals surface area contributed by atoms with Crippen LogP contribution in [0.1, 0.15) is 36.1 Å². The number of benzene rings is 1. The third-order valence-electron chi connectivity index (χ3n) is 4.48. The summed E-state index contributed by atoms with van der Waals surface area (Å²) in [4.78, 5) is 4.35. The fraction of sp³-hybridized carbons (Fsp3) is 0.368. The van der Waals surface area contributed by atoms with E-state index in [2.05, 4.69) is 62.8 Å². The van der Waals surface area contributed by atoms with Gasteiger partial charge in [0.1, 0.15) is 5.82 Å². The first-order chi connectivity index (χ1) is 11.6. The predicted molar refractivity (Wildman–Crippen MR) is 97.6 cm³/mol. The van der Waals surface area contributed by atoms with Crippen molar-refractivity contribution >= 4 is 5.69 Å². The zero-order chi connectivity index (χ0) is 17.1. The SMILES string of the molecule is CCCc1c(NCc2cnc(C)n2C)cnn1-c1ccccc1C. The van der Waals surface area contributed by atoms with E-state index < -0.39 is 0 Å². The highest BCUT2D eigenvalue weighted by atomic mass is 15.3. The highest BCUT2D eigenvalue weighted by Gasteiger charge is 2.13. The standard InChI is InChI=1S/C19H25N5/c1-5-8-19-17(21-12-16-11-20-15(3)23(16)4)13-22-24(19)18-10-7-6-9-14(18)2/h6-7,9-11,13,21H,5,8,12H2,1-4H3. The van der Waals surface area contributed by atoms with Gasteiger partial charge in [0.25, 0.3) is 0 Å². The van der Waals surface area contributed by atoms with Crippen molar-refractivity contribution in [3.05, 3.63) is 59.4 Å². The lowest BCUT2D eigenvalue weighted by atomic mass is 10.1. The Hall–Kier alpha value is -2.56. The van der Waals surface area contributed by atoms with Gasteiger partial charge in [0, 0.05) is 7.05 Å². The van der Waals surface area contributed by atoms with E-state index in [-0.39, 0.29) is 0 Å². The first-order valence-electron chi connectivity index (χ1n) is 8.45.